The van der Waals surface area contributed by atoms with Gasteiger partial charge in [-0.3, -0.25) is 4.90 Å². The highest BCUT2D eigenvalue weighted by Gasteiger charge is 2.43. The van der Waals surface area contributed by atoms with Crippen LogP contribution < -0.4 is 0 Å². The number of piperidine rings is 1. The number of hydrogen-bond donors (Lipinski definition) is 2. The van der Waals surface area contributed by atoms with Crippen molar-refractivity contribution in [3.63, 3.8) is 0 Å². The lowest BCUT2D eigenvalue weighted by molar-refractivity contribution is 0.0523. The largest absolute Gasteiger partial charge is 0.508 e. The van der Waals surface area contributed by atoms with Gasteiger partial charge in [0.1, 0.15) is 11.5 Å². The van der Waals surface area contributed by atoms with Crippen LogP contribution in [0.2, 0.25) is 0 Å². The summed E-state index contributed by atoms with van der Waals surface area (Å²) in [6.45, 7) is 2.12. The number of phenolic OH excluding ortho intramolecular Hbond substituents is 2. The second kappa shape index (κ2) is 8.01. The molecule has 4 heteroatoms. The molecule has 0 spiro atoms. The number of aromatic hydroxyl groups is 2. The molecule has 2 N–H and O–H groups in total. The Balaban J connectivity index is 0.00000196. The first kappa shape index (κ1) is 19.2. The maximum Gasteiger partial charge on any atom is 0.118 e. The van der Waals surface area contributed by atoms with Gasteiger partial charge in [-0.25, -0.2) is 0 Å². The first-order valence-electron chi connectivity index (χ1n) is 9.47. The minimum Gasteiger partial charge on any atom is -0.508 e. The zero-order valence-electron chi connectivity index (χ0n) is 15.1. The molecule has 1 saturated carbocycles. The molecule has 1 aliphatic carbocycles. The Morgan fingerprint density at radius 1 is 1.04 bits per heavy atom. The average Bonchev–Trinajstić information content (AvgIpc) is 2.63. The van der Waals surface area contributed by atoms with Crippen molar-refractivity contribution < 1.29 is 10.2 Å². The van der Waals surface area contributed by atoms with Crippen LogP contribution in [-0.4, -0.2) is 34.2 Å². The normalized spacial score (nSPS) is 25.5. The van der Waals surface area contributed by atoms with E-state index in [1.807, 2.05) is 30.3 Å². The zero-order valence-corrected chi connectivity index (χ0v) is 16.8. The predicted molar refractivity (Wildman–Crippen MR) is 110 cm³/mol. The van der Waals surface area contributed by atoms with Crippen LogP contribution in [0.3, 0.4) is 0 Å². The van der Waals surface area contributed by atoms with Gasteiger partial charge in [0.2, 0.25) is 0 Å². The fourth-order valence-corrected chi connectivity index (χ4v) is 4.93. The van der Waals surface area contributed by atoms with Crippen molar-refractivity contribution in [1.82, 2.24) is 4.90 Å². The van der Waals surface area contributed by atoms with Crippen LogP contribution in [0.1, 0.15) is 43.2 Å². The molecule has 0 radical (unpaired) electrons. The molecule has 140 valence electrons. The summed E-state index contributed by atoms with van der Waals surface area (Å²) in [7, 11) is 0. The molecule has 2 bridgehead atoms. The second-order valence-corrected chi connectivity index (χ2v) is 7.75. The van der Waals surface area contributed by atoms with Crippen molar-refractivity contribution in [1.29, 1.82) is 0 Å². The number of halogens is 1. The summed E-state index contributed by atoms with van der Waals surface area (Å²) in [6, 6.07) is 16.2. The van der Waals surface area contributed by atoms with Crippen molar-refractivity contribution in [2.75, 3.05) is 13.1 Å². The molecule has 2 fully saturated rings. The first-order chi connectivity index (χ1) is 12.2. The summed E-state index contributed by atoms with van der Waals surface area (Å²) < 4.78 is 0. The van der Waals surface area contributed by atoms with Gasteiger partial charge in [0, 0.05) is 12.6 Å². The maximum absolute atomic E-state index is 9.99. The second-order valence-electron chi connectivity index (χ2n) is 7.75. The lowest BCUT2D eigenvalue weighted by Gasteiger charge is -2.51. The average molecular weight is 418 g/mol. The minimum atomic E-state index is 0. The molecular weight excluding hydrogens is 390 g/mol. The maximum atomic E-state index is 9.99. The van der Waals surface area contributed by atoms with Crippen molar-refractivity contribution in [3.8, 4) is 11.5 Å². The van der Waals surface area contributed by atoms with Crippen molar-refractivity contribution in [3.05, 3.63) is 59.7 Å². The van der Waals surface area contributed by atoms with Gasteiger partial charge in [0.05, 0.1) is 0 Å². The SMILES string of the molecule is Br.Oc1cccc([C@@]23CCC[C@@H](C2)N(CCc2ccccc2O)CC3)c1. The zero-order chi connectivity index (χ0) is 17.3. The van der Waals surface area contributed by atoms with Crippen LogP contribution in [0.15, 0.2) is 48.5 Å². The first-order valence-corrected chi connectivity index (χ1v) is 9.47. The summed E-state index contributed by atoms with van der Waals surface area (Å²) in [5.74, 6) is 0.799. The Morgan fingerprint density at radius 2 is 1.88 bits per heavy atom. The Hall–Kier alpha value is -1.52. The molecule has 0 amide bonds. The van der Waals surface area contributed by atoms with E-state index in [0.29, 0.717) is 17.5 Å². The van der Waals surface area contributed by atoms with Crippen LogP contribution in [0.4, 0.5) is 0 Å². The lowest BCUT2D eigenvalue weighted by atomic mass is 9.63. The molecule has 0 aromatic heterocycles. The summed E-state index contributed by atoms with van der Waals surface area (Å²) in [5, 5.41) is 19.9. The molecule has 2 aliphatic rings. The lowest BCUT2D eigenvalue weighted by Crippen LogP contribution is -2.52. The summed E-state index contributed by atoms with van der Waals surface area (Å²) >= 11 is 0. The van der Waals surface area contributed by atoms with Crippen molar-refractivity contribution in [2.45, 2.75) is 50.0 Å². The van der Waals surface area contributed by atoms with Gasteiger partial charge in [0.25, 0.3) is 0 Å². The summed E-state index contributed by atoms with van der Waals surface area (Å²) in [6.07, 6.45) is 7.02. The Morgan fingerprint density at radius 3 is 2.69 bits per heavy atom. The van der Waals surface area contributed by atoms with Gasteiger partial charge in [0.15, 0.2) is 0 Å². The number of para-hydroxylation sites is 1. The van der Waals surface area contributed by atoms with Crippen LogP contribution in [0, 0.1) is 0 Å². The smallest absolute Gasteiger partial charge is 0.118 e. The van der Waals surface area contributed by atoms with Gasteiger partial charge in [-0.2, -0.15) is 0 Å². The van der Waals surface area contributed by atoms with Crippen LogP contribution >= 0.6 is 17.0 Å². The number of benzene rings is 2. The molecule has 26 heavy (non-hydrogen) atoms. The van der Waals surface area contributed by atoms with Gasteiger partial charge >= 0.3 is 0 Å². The van der Waals surface area contributed by atoms with E-state index in [0.717, 1.165) is 31.5 Å². The van der Waals surface area contributed by atoms with Gasteiger partial charge in [-0.15, -0.1) is 17.0 Å². The van der Waals surface area contributed by atoms with E-state index in [-0.39, 0.29) is 22.4 Å². The number of likely N-dealkylation sites (tertiary alicyclic amines) is 1. The van der Waals surface area contributed by atoms with E-state index >= 15 is 0 Å². The van der Waals surface area contributed by atoms with Crippen LogP contribution in [0.5, 0.6) is 11.5 Å². The van der Waals surface area contributed by atoms with Crippen molar-refractivity contribution in [2.24, 2.45) is 0 Å². The molecule has 4 rings (SSSR count). The highest BCUT2D eigenvalue weighted by molar-refractivity contribution is 8.93. The summed E-state index contributed by atoms with van der Waals surface area (Å²) in [5.41, 5.74) is 2.60. The minimum absolute atomic E-state index is 0. The molecule has 3 nitrogen and oxygen atoms in total. The van der Waals surface area contributed by atoms with Gasteiger partial charge < -0.3 is 10.2 Å². The topological polar surface area (TPSA) is 43.7 Å². The molecule has 2 aromatic carbocycles. The molecule has 2 atom stereocenters. The number of fused-ring (bicyclic) bond motifs is 2. The molecular formula is C22H28BrNO2. The molecule has 1 heterocycles. The predicted octanol–water partition coefficient (Wildman–Crippen LogP) is 4.80. The fraction of sp³-hybridized carbons (Fsp3) is 0.455. The number of nitrogens with zero attached hydrogens (tertiary/aromatic N) is 1. The Kier molecular flexibility index (Phi) is 5.93. The molecule has 2 aromatic rings. The van der Waals surface area contributed by atoms with E-state index < -0.39 is 0 Å². The Labute approximate surface area is 166 Å². The molecule has 0 unspecified atom stereocenters. The highest BCUT2D eigenvalue weighted by atomic mass is 79.9. The Bertz CT molecular complexity index is 750. The van der Waals surface area contributed by atoms with Crippen molar-refractivity contribution >= 4 is 17.0 Å². The number of phenols is 2. The summed E-state index contributed by atoms with van der Waals surface area (Å²) in [4.78, 5) is 2.62. The molecule has 1 saturated heterocycles. The third-order valence-electron chi connectivity index (χ3n) is 6.33. The van der Waals surface area contributed by atoms with Gasteiger partial charge in [-0.05, 0) is 73.4 Å². The number of rotatable bonds is 4. The van der Waals surface area contributed by atoms with Crippen LogP contribution in [0.25, 0.3) is 0 Å². The standard InChI is InChI=1S/C22H27NO2.BrH/c24-20-8-3-6-18(15-20)22-11-4-7-19(16-22)23(14-12-22)13-10-17-5-1-2-9-21(17)25;/h1-3,5-6,8-9,15,19,24-25H,4,7,10-14,16H2;1H/t19-,22+;/m0./s1. The van der Waals surface area contributed by atoms with Gasteiger partial charge in [-0.1, -0.05) is 36.8 Å². The fourth-order valence-electron chi connectivity index (χ4n) is 4.93. The monoisotopic (exact) mass is 417 g/mol. The molecule has 1 aliphatic heterocycles. The van der Waals surface area contributed by atoms with Crippen LogP contribution in [-0.2, 0) is 11.8 Å². The quantitative estimate of drug-likeness (QED) is 0.750. The van der Waals surface area contributed by atoms with E-state index in [1.165, 1.54) is 31.2 Å². The van der Waals surface area contributed by atoms with E-state index in [9.17, 15) is 10.2 Å². The van der Waals surface area contributed by atoms with E-state index in [2.05, 4.69) is 11.0 Å². The third-order valence-corrected chi connectivity index (χ3v) is 6.33. The van der Waals surface area contributed by atoms with E-state index in [4.69, 9.17) is 0 Å². The highest BCUT2D eigenvalue weighted by Crippen LogP contribution is 2.47. The number of hydrogen-bond acceptors (Lipinski definition) is 3. The van der Waals surface area contributed by atoms with E-state index in [1.54, 1.807) is 12.1 Å². The third kappa shape index (κ3) is 3.77.